The Hall–Kier alpha value is -0.820. The Kier molecular flexibility index (Phi) is 4.35. The molecule has 0 heterocycles. The van der Waals surface area contributed by atoms with Gasteiger partial charge in [-0.2, -0.15) is 0 Å². The maximum Gasteiger partial charge on any atom is 0.0716 e. The van der Waals surface area contributed by atoms with Gasteiger partial charge in [-0.05, 0) is 30.2 Å². The number of hydrogen-bond donors (Lipinski definition) is 1. The van der Waals surface area contributed by atoms with Gasteiger partial charge in [-0.3, -0.25) is 0 Å². The first-order valence-corrected chi connectivity index (χ1v) is 7.68. The summed E-state index contributed by atoms with van der Waals surface area (Å²) < 4.78 is 0. The summed E-state index contributed by atoms with van der Waals surface area (Å²) in [5, 5.41) is 11.1. The lowest BCUT2D eigenvalue weighted by Gasteiger charge is -2.42. The predicted octanol–water partition coefficient (Wildman–Crippen LogP) is 4.90. The van der Waals surface area contributed by atoms with Crippen LogP contribution in [0.15, 0.2) is 30.3 Å². The monoisotopic (exact) mass is 260 g/mol. The summed E-state index contributed by atoms with van der Waals surface area (Å²) in [6, 6.07) is 10.6. The fraction of sp³-hybridized carbons (Fsp3) is 0.667. The fourth-order valence-electron chi connectivity index (χ4n) is 3.43. The normalized spacial score (nSPS) is 21.1. The Morgan fingerprint density at radius 3 is 2.16 bits per heavy atom. The summed E-state index contributed by atoms with van der Waals surface area (Å²) in [4.78, 5) is 0. The lowest BCUT2D eigenvalue weighted by Crippen LogP contribution is -2.40. The molecule has 0 aromatic heterocycles. The van der Waals surface area contributed by atoms with Gasteiger partial charge in [-0.1, -0.05) is 70.4 Å². The average Bonchev–Trinajstić information content (AvgIpc) is 2.37. The highest BCUT2D eigenvalue weighted by Crippen LogP contribution is 2.45. The SMILES string of the molecule is CC(C)(C)CC(c1ccccc1)C1(O)CCCCC1. The highest BCUT2D eigenvalue weighted by molar-refractivity contribution is 5.23. The van der Waals surface area contributed by atoms with Crippen LogP contribution in [0.2, 0.25) is 0 Å². The van der Waals surface area contributed by atoms with Gasteiger partial charge in [0.1, 0.15) is 0 Å². The van der Waals surface area contributed by atoms with Crippen molar-refractivity contribution in [3.8, 4) is 0 Å². The van der Waals surface area contributed by atoms with Gasteiger partial charge in [-0.15, -0.1) is 0 Å². The number of aliphatic hydroxyl groups is 1. The van der Waals surface area contributed by atoms with Crippen LogP contribution in [-0.2, 0) is 0 Å². The second-order valence-electron chi connectivity index (χ2n) is 7.39. The number of hydrogen-bond acceptors (Lipinski definition) is 1. The zero-order valence-electron chi connectivity index (χ0n) is 12.7. The van der Waals surface area contributed by atoms with E-state index in [9.17, 15) is 5.11 Å². The summed E-state index contributed by atoms with van der Waals surface area (Å²) in [5.41, 5.74) is 1.06. The molecule has 1 fully saturated rings. The van der Waals surface area contributed by atoms with Gasteiger partial charge in [0.05, 0.1) is 5.60 Å². The van der Waals surface area contributed by atoms with Crippen LogP contribution < -0.4 is 0 Å². The van der Waals surface area contributed by atoms with Crippen LogP contribution in [0.5, 0.6) is 0 Å². The Labute approximate surface area is 118 Å². The van der Waals surface area contributed by atoms with Crippen molar-refractivity contribution in [1.82, 2.24) is 0 Å². The molecular formula is C18H28O. The molecule has 1 aliphatic rings. The summed E-state index contributed by atoms with van der Waals surface area (Å²) in [6.07, 6.45) is 6.59. The Balaban J connectivity index is 2.28. The van der Waals surface area contributed by atoms with E-state index < -0.39 is 5.60 Å². The molecule has 1 saturated carbocycles. The van der Waals surface area contributed by atoms with Crippen molar-refractivity contribution in [2.75, 3.05) is 0 Å². The third-order valence-electron chi connectivity index (χ3n) is 4.39. The molecule has 0 amide bonds. The molecule has 1 N–H and O–H groups in total. The second-order valence-corrected chi connectivity index (χ2v) is 7.39. The fourth-order valence-corrected chi connectivity index (χ4v) is 3.43. The second kappa shape index (κ2) is 5.66. The molecular weight excluding hydrogens is 232 g/mol. The first-order chi connectivity index (χ1) is 8.91. The zero-order chi connectivity index (χ0) is 13.9. The molecule has 1 atom stereocenters. The molecule has 0 bridgehead atoms. The molecule has 1 unspecified atom stereocenters. The highest BCUT2D eigenvalue weighted by atomic mass is 16.3. The topological polar surface area (TPSA) is 20.2 Å². The standard InChI is InChI=1S/C18H28O/c1-17(2,3)14-16(15-10-6-4-7-11-15)18(19)12-8-5-9-13-18/h4,6-7,10-11,16,19H,5,8-9,12-14H2,1-3H3. The summed E-state index contributed by atoms with van der Waals surface area (Å²) in [6.45, 7) is 6.82. The Bertz CT molecular complexity index is 382. The van der Waals surface area contributed by atoms with Crippen LogP contribution in [0.1, 0.15) is 70.8 Å². The molecule has 0 aliphatic heterocycles. The smallest absolute Gasteiger partial charge is 0.0716 e. The van der Waals surface area contributed by atoms with E-state index in [2.05, 4.69) is 51.1 Å². The van der Waals surface area contributed by atoms with Gasteiger partial charge in [0.25, 0.3) is 0 Å². The lowest BCUT2D eigenvalue weighted by atomic mass is 9.67. The molecule has 19 heavy (non-hydrogen) atoms. The van der Waals surface area contributed by atoms with Crippen molar-refractivity contribution >= 4 is 0 Å². The van der Waals surface area contributed by atoms with Crippen LogP contribution in [0.4, 0.5) is 0 Å². The minimum Gasteiger partial charge on any atom is -0.389 e. The Morgan fingerprint density at radius 1 is 1.05 bits per heavy atom. The van der Waals surface area contributed by atoms with Crippen LogP contribution in [0.25, 0.3) is 0 Å². The van der Waals surface area contributed by atoms with Gasteiger partial charge < -0.3 is 5.11 Å². The van der Waals surface area contributed by atoms with E-state index in [0.29, 0.717) is 0 Å². The minimum absolute atomic E-state index is 0.244. The lowest BCUT2D eigenvalue weighted by molar-refractivity contribution is -0.0321. The molecule has 1 aromatic rings. The Morgan fingerprint density at radius 2 is 1.63 bits per heavy atom. The molecule has 106 valence electrons. The highest BCUT2D eigenvalue weighted by Gasteiger charge is 2.40. The quantitative estimate of drug-likeness (QED) is 0.819. The largest absolute Gasteiger partial charge is 0.389 e. The maximum atomic E-state index is 11.1. The average molecular weight is 260 g/mol. The van der Waals surface area contributed by atoms with E-state index in [0.717, 1.165) is 19.3 Å². The molecule has 1 aromatic carbocycles. The molecule has 0 radical (unpaired) electrons. The molecule has 0 spiro atoms. The van der Waals surface area contributed by atoms with Gasteiger partial charge >= 0.3 is 0 Å². The third kappa shape index (κ3) is 3.82. The van der Waals surface area contributed by atoms with E-state index >= 15 is 0 Å². The summed E-state index contributed by atoms with van der Waals surface area (Å²) >= 11 is 0. The first kappa shape index (κ1) is 14.6. The van der Waals surface area contributed by atoms with Crippen molar-refractivity contribution in [3.05, 3.63) is 35.9 Å². The van der Waals surface area contributed by atoms with Crippen LogP contribution in [0.3, 0.4) is 0 Å². The summed E-state index contributed by atoms with van der Waals surface area (Å²) in [7, 11) is 0. The predicted molar refractivity (Wildman–Crippen MR) is 81.3 cm³/mol. The molecule has 1 heteroatoms. The zero-order valence-corrected chi connectivity index (χ0v) is 12.7. The van der Waals surface area contributed by atoms with Gasteiger partial charge in [0, 0.05) is 5.92 Å². The van der Waals surface area contributed by atoms with E-state index in [1.807, 2.05) is 0 Å². The van der Waals surface area contributed by atoms with Gasteiger partial charge in [-0.25, -0.2) is 0 Å². The van der Waals surface area contributed by atoms with E-state index in [1.54, 1.807) is 0 Å². The molecule has 1 aliphatic carbocycles. The van der Waals surface area contributed by atoms with Crippen molar-refractivity contribution in [1.29, 1.82) is 0 Å². The molecule has 1 nitrogen and oxygen atoms in total. The van der Waals surface area contributed by atoms with Gasteiger partial charge in [0.15, 0.2) is 0 Å². The first-order valence-electron chi connectivity index (χ1n) is 7.68. The van der Waals surface area contributed by atoms with E-state index in [1.165, 1.54) is 24.8 Å². The van der Waals surface area contributed by atoms with Crippen LogP contribution in [0, 0.1) is 5.41 Å². The molecule has 0 saturated heterocycles. The van der Waals surface area contributed by atoms with E-state index in [4.69, 9.17) is 0 Å². The minimum atomic E-state index is -0.493. The van der Waals surface area contributed by atoms with Crippen molar-refractivity contribution < 1.29 is 5.11 Å². The maximum absolute atomic E-state index is 11.1. The van der Waals surface area contributed by atoms with Crippen molar-refractivity contribution in [3.63, 3.8) is 0 Å². The van der Waals surface area contributed by atoms with Crippen LogP contribution in [-0.4, -0.2) is 10.7 Å². The van der Waals surface area contributed by atoms with Crippen molar-refractivity contribution in [2.45, 2.75) is 70.8 Å². The third-order valence-corrected chi connectivity index (χ3v) is 4.39. The van der Waals surface area contributed by atoms with E-state index in [-0.39, 0.29) is 11.3 Å². The van der Waals surface area contributed by atoms with Crippen molar-refractivity contribution in [2.24, 2.45) is 5.41 Å². The number of benzene rings is 1. The van der Waals surface area contributed by atoms with Crippen LogP contribution >= 0.6 is 0 Å². The number of rotatable bonds is 3. The molecule has 2 rings (SSSR count). The van der Waals surface area contributed by atoms with Gasteiger partial charge in [0.2, 0.25) is 0 Å². The summed E-state index contributed by atoms with van der Waals surface area (Å²) in [5.74, 6) is 0.272.